The Morgan fingerprint density at radius 1 is 1.09 bits per heavy atom. The number of aryl methyl sites for hydroxylation is 3. The van der Waals surface area contributed by atoms with Crippen LogP contribution in [0.3, 0.4) is 0 Å². The van der Waals surface area contributed by atoms with Crippen molar-refractivity contribution in [3.05, 3.63) is 71.7 Å². The molecule has 0 atom stereocenters. The summed E-state index contributed by atoms with van der Waals surface area (Å²) < 4.78 is 7.56. The molecule has 0 bridgehead atoms. The topological polar surface area (TPSA) is 79.8 Å². The van der Waals surface area contributed by atoms with E-state index in [4.69, 9.17) is 9.72 Å². The molecule has 0 unspecified atom stereocenters. The number of nitrogens with zero attached hydrogens (tertiary/aromatic N) is 3. The van der Waals surface area contributed by atoms with Gasteiger partial charge < -0.3 is 24.9 Å². The van der Waals surface area contributed by atoms with Gasteiger partial charge in [0.05, 0.1) is 7.11 Å². The molecule has 0 radical (unpaired) electrons. The highest BCUT2D eigenvalue weighted by molar-refractivity contribution is 5.86. The van der Waals surface area contributed by atoms with Gasteiger partial charge in [0.1, 0.15) is 11.6 Å². The lowest BCUT2D eigenvalue weighted by Crippen LogP contribution is -2.09. The molecule has 7 nitrogen and oxygen atoms in total. The van der Waals surface area contributed by atoms with E-state index in [0.717, 1.165) is 41.3 Å². The van der Waals surface area contributed by atoms with Gasteiger partial charge in [-0.05, 0) is 68.3 Å². The van der Waals surface area contributed by atoms with Gasteiger partial charge in [0.25, 0.3) is 0 Å². The number of nitrogens with one attached hydrogen (secondary N) is 3. The van der Waals surface area contributed by atoms with Crippen LogP contribution in [-0.4, -0.2) is 33.2 Å². The summed E-state index contributed by atoms with van der Waals surface area (Å²) in [6, 6.07) is 14.6. The summed E-state index contributed by atoms with van der Waals surface area (Å²) in [5.41, 5.74) is 6.79. The number of methoxy groups -OCH3 is 1. The largest absolute Gasteiger partial charge is 0.497 e. The van der Waals surface area contributed by atoms with Gasteiger partial charge >= 0.3 is 0 Å². The van der Waals surface area contributed by atoms with E-state index in [9.17, 15) is 0 Å². The van der Waals surface area contributed by atoms with Crippen LogP contribution in [0.5, 0.6) is 5.75 Å². The first-order valence-electron chi connectivity index (χ1n) is 11.1. The first kappa shape index (κ1) is 20.9. The van der Waals surface area contributed by atoms with E-state index in [1.54, 1.807) is 7.11 Å². The highest BCUT2D eigenvalue weighted by atomic mass is 16.5. The van der Waals surface area contributed by atoms with Crippen LogP contribution in [0.1, 0.15) is 16.8 Å². The Hall–Kier alpha value is -4.00. The molecule has 5 aromatic rings. The molecule has 3 aromatic heterocycles. The molecular formula is C26H28N6O. The highest BCUT2D eigenvalue weighted by Crippen LogP contribution is 2.26. The molecule has 0 spiro atoms. The van der Waals surface area contributed by atoms with Crippen LogP contribution < -0.4 is 15.4 Å². The molecule has 0 saturated carbocycles. The fourth-order valence-corrected chi connectivity index (χ4v) is 4.16. The third-order valence-electron chi connectivity index (χ3n) is 6.17. The summed E-state index contributed by atoms with van der Waals surface area (Å²) in [6.45, 7) is 4.85. The average molecular weight is 441 g/mol. The van der Waals surface area contributed by atoms with Gasteiger partial charge in [0, 0.05) is 64.7 Å². The molecule has 3 heterocycles. The van der Waals surface area contributed by atoms with Crippen LogP contribution in [-0.2, 0) is 13.5 Å². The van der Waals surface area contributed by atoms with Crippen LogP contribution in [0.15, 0.2) is 54.9 Å². The van der Waals surface area contributed by atoms with Crippen molar-refractivity contribution in [3.8, 4) is 5.75 Å². The van der Waals surface area contributed by atoms with E-state index in [1.165, 1.54) is 27.5 Å². The lowest BCUT2D eigenvalue weighted by Gasteiger charge is -2.11. The van der Waals surface area contributed by atoms with Gasteiger partial charge in [-0.1, -0.05) is 0 Å². The molecule has 0 aliphatic carbocycles. The number of fused-ring (bicyclic) bond motifs is 2. The molecule has 3 N–H and O–H groups in total. The van der Waals surface area contributed by atoms with Gasteiger partial charge in [0.2, 0.25) is 5.95 Å². The van der Waals surface area contributed by atoms with E-state index in [0.29, 0.717) is 5.95 Å². The SMILES string of the molecule is COc1ccc2[nH]cc(CCNc3ncc(C)c(Nc4ccc5c(c4)cc(C)n5C)n3)c2c1. The van der Waals surface area contributed by atoms with Gasteiger partial charge in [-0.2, -0.15) is 4.98 Å². The van der Waals surface area contributed by atoms with E-state index in [2.05, 4.69) is 75.7 Å². The van der Waals surface area contributed by atoms with Crippen LogP contribution in [0.4, 0.5) is 17.5 Å². The molecule has 0 aliphatic rings. The van der Waals surface area contributed by atoms with Crippen molar-refractivity contribution < 1.29 is 4.74 Å². The molecule has 5 rings (SSSR count). The summed E-state index contributed by atoms with van der Waals surface area (Å²) >= 11 is 0. The molecule has 0 saturated heterocycles. The van der Waals surface area contributed by atoms with Crippen LogP contribution in [0.2, 0.25) is 0 Å². The third kappa shape index (κ3) is 4.09. The highest BCUT2D eigenvalue weighted by Gasteiger charge is 2.09. The minimum absolute atomic E-state index is 0.608. The van der Waals surface area contributed by atoms with Crippen LogP contribution >= 0.6 is 0 Å². The number of H-pyrrole nitrogens is 1. The fraction of sp³-hybridized carbons (Fsp3) is 0.231. The number of benzene rings is 2. The molecule has 7 heteroatoms. The first-order chi connectivity index (χ1) is 16.0. The minimum atomic E-state index is 0.608. The number of hydrogen-bond acceptors (Lipinski definition) is 5. The van der Waals surface area contributed by atoms with Crippen molar-refractivity contribution in [2.45, 2.75) is 20.3 Å². The normalized spacial score (nSPS) is 11.3. The molecule has 33 heavy (non-hydrogen) atoms. The molecule has 0 aliphatic heterocycles. The number of ether oxygens (including phenoxy) is 1. The summed E-state index contributed by atoms with van der Waals surface area (Å²) in [5.74, 6) is 2.27. The number of anilines is 3. The zero-order chi connectivity index (χ0) is 22.9. The van der Waals surface area contributed by atoms with E-state index in [-0.39, 0.29) is 0 Å². The Bertz CT molecular complexity index is 1450. The number of aromatic amines is 1. The van der Waals surface area contributed by atoms with Crippen molar-refractivity contribution in [1.29, 1.82) is 0 Å². The first-order valence-corrected chi connectivity index (χ1v) is 11.1. The van der Waals surface area contributed by atoms with Gasteiger partial charge in [-0.3, -0.25) is 0 Å². The Kier molecular flexibility index (Phi) is 5.38. The van der Waals surface area contributed by atoms with Gasteiger partial charge in [-0.25, -0.2) is 4.98 Å². The standard InChI is InChI=1S/C26H28N6O/c1-16-14-29-26(27-10-9-18-15-28-23-7-6-21(33-4)13-22(18)23)31-25(16)30-20-5-8-24-19(12-20)11-17(2)32(24)3/h5-8,11-15,28H,9-10H2,1-4H3,(H2,27,29,30,31). The predicted octanol–water partition coefficient (Wildman–Crippen LogP) is 5.47. The maximum Gasteiger partial charge on any atom is 0.224 e. The number of aromatic nitrogens is 4. The predicted molar refractivity (Wildman–Crippen MR) is 135 cm³/mol. The van der Waals surface area contributed by atoms with Crippen molar-refractivity contribution in [2.24, 2.45) is 7.05 Å². The zero-order valence-electron chi connectivity index (χ0n) is 19.4. The van der Waals surface area contributed by atoms with E-state index < -0.39 is 0 Å². The van der Waals surface area contributed by atoms with Crippen LogP contribution in [0.25, 0.3) is 21.8 Å². The van der Waals surface area contributed by atoms with Gasteiger partial charge in [-0.15, -0.1) is 0 Å². The monoisotopic (exact) mass is 440 g/mol. The molecule has 0 amide bonds. The second-order valence-electron chi connectivity index (χ2n) is 8.37. The third-order valence-corrected chi connectivity index (χ3v) is 6.17. The second kappa shape index (κ2) is 8.50. The Morgan fingerprint density at radius 3 is 2.82 bits per heavy atom. The average Bonchev–Trinajstić information content (AvgIpc) is 3.35. The van der Waals surface area contributed by atoms with E-state index >= 15 is 0 Å². The quantitative estimate of drug-likeness (QED) is 0.313. The molecular weight excluding hydrogens is 412 g/mol. The summed E-state index contributed by atoms with van der Waals surface area (Å²) in [6.07, 6.45) is 4.74. The molecule has 2 aromatic carbocycles. The zero-order valence-corrected chi connectivity index (χ0v) is 19.4. The maximum atomic E-state index is 5.37. The molecule has 168 valence electrons. The smallest absolute Gasteiger partial charge is 0.224 e. The lowest BCUT2D eigenvalue weighted by molar-refractivity contribution is 0.415. The molecule has 0 fully saturated rings. The minimum Gasteiger partial charge on any atom is -0.497 e. The van der Waals surface area contributed by atoms with E-state index in [1.807, 2.05) is 25.3 Å². The number of rotatable bonds is 7. The summed E-state index contributed by atoms with van der Waals surface area (Å²) in [5, 5.41) is 9.20. The van der Waals surface area contributed by atoms with Crippen LogP contribution in [0, 0.1) is 13.8 Å². The lowest BCUT2D eigenvalue weighted by atomic mass is 10.1. The van der Waals surface area contributed by atoms with Crippen molar-refractivity contribution in [3.63, 3.8) is 0 Å². The summed E-state index contributed by atoms with van der Waals surface area (Å²) in [4.78, 5) is 12.5. The Morgan fingerprint density at radius 2 is 1.97 bits per heavy atom. The Labute approximate surface area is 192 Å². The second-order valence-corrected chi connectivity index (χ2v) is 8.37. The summed E-state index contributed by atoms with van der Waals surface area (Å²) in [7, 11) is 3.78. The van der Waals surface area contributed by atoms with Crippen molar-refractivity contribution >= 4 is 39.3 Å². The maximum absolute atomic E-state index is 5.37. The fourth-order valence-electron chi connectivity index (χ4n) is 4.16. The van der Waals surface area contributed by atoms with Crippen molar-refractivity contribution in [1.82, 2.24) is 19.5 Å². The Balaban J connectivity index is 1.29. The van der Waals surface area contributed by atoms with Crippen molar-refractivity contribution in [2.75, 3.05) is 24.3 Å². The number of hydrogen-bond donors (Lipinski definition) is 3. The van der Waals surface area contributed by atoms with Gasteiger partial charge in [0.15, 0.2) is 0 Å².